The lowest BCUT2D eigenvalue weighted by atomic mass is 9.90. The number of rotatable bonds is 4. The molecule has 1 amide bonds. The average molecular weight is 293 g/mol. The van der Waals surface area contributed by atoms with E-state index in [9.17, 15) is 9.59 Å². The smallest absolute Gasteiger partial charge is 0.220 e. The number of aryl methyl sites for hydroxylation is 1. The lowest BCUT2D eigenvalue weighted by molar-refractivity contribution is -0.119. The highest BCUT2D eigenvalue weighted by atomic mass is 16.1. The van der Waals surface area contributed by atoms with Crippen molar-refractivity contribution < 1.29 is 9.59 Å². The van der Waals surface area contributed by atoms with Crippen LogP contribution in [0.5, 0.6) is 0 Å². The van der Waals surface area contributed by atoms with Crippen molar-refractivity contribution in [2.24, 2.45) is 0 Å². The second kappa shape index (κ2) is 6.14. The van der Waals surface area contributed by atoms with Crippen molar-refractivity contribution in [3.63, 3.8) is 0 Å². The molecule has 0 radical (unpaired) electrons. The Labute approximate surface area is 130 Å². The normalized spacial score (nSPS) is 17.3. The molecule has 1 aliphatic heterocycles. The van der Waals surface area contributed by atoms with Crippen molar-refractivity contribution in [3.8, 4) is 11.1 Å². The Balaban J connectivity index is 2.02. The van der Waals surface area contributed by atoms with E-state index in [-0.39, 0.29) is 11.8 Å². The third-order valence-corrected chi connectivity index (χ3v) is 4.34. The molecule has 1 heterocycles. The van der Waals surface area contributed by atoms with Gasteiger partial charge >= 0.3 is 0 Å². The van der Waals surface area contributed by atoms with Gasteiger partial charge in [0.1, 0.15) is 6.29 Å². The number of aldehydes is 1. The van der Waals surface area contributed by atoms with E-state index >= 15 is 0 Å². The molecule has 1 atom stereocenters. The van der Waals surface area contributed by atoms with Gasteiger partial charge in [0.05, 0.1) is 0 Å². The minimum Gasteiger partial charge on any atom is -0.355 e. The zero-order chi connectivity index (χ0) is 15.5. The summed E-state index contributed by atoms with van der Waals surface area (Å²) < 4.78 is 0. The first-order chi connectivity index (χ1) is 10.7. The summed E-state index contributed by atoms with van der Waals surface area (Å²) in [6.45, 7) is 2.74. The van der Waals surface area contributed by atoms with Crippen LogP contribution in [0.2, 0.25) is 0 Å². The van der Waals surface area contributed by atoms with Crippen LogP contribution >= 0.6 is 0 Å². The highest BCUT2D eigenvalue weighted by molar-refractivity contribution is 5.84. The SMILES string of the molecule is CCc1ccccc1-c1ccc(C2CNC(=O)C2)c(C=O)c1. The molecule has 1 aliphatic rings. The Kier molecular flexibility index (Phi) is 4.05. The highest BCUT2D eigenvalue weighted by Gasteiger charge is 2.25. The summed E-state index contributed by atoms with van der Waals surface area (Å²) in [4.78, 5) is 22.9. The van der Waals surface area contributed by atoms with Gasteiger partial charge in [0.15, 0.2) is 0 Å². The quantitative estimate of drug-likeness (QED) is 0.879. The zero-order valence-electron chi connectivity index (χ0n) is 12.6. The maximum absolute atomic E-state index is 11.5. The van der Waals surface area contributed by atoms with Gasteiger partial charge in [-0.1, -0.05) is 43.3 Å². The molecular weight excluding hydrogens is 274 g/mol. The standard InChI is InChI=1S/C19H19NO2/c1-2-13-5-3-4-6-17(13)14-7-8-18(16(9-14)12-21)15-10-19(22)20-11-15/h3-9,12,15H,2,10-11H2,1H3,(H,20,22). The first kappa shape index (κ1) is 14.5. The van der Waals surface area contributed by atoms with E-state index in [4.69, 9.17) is 0 Å². The van der Waals surface area contributed by atoms with E-state index in [0.717, 1.165) is 23.8 Å². The van der Waals surface area contributed by atoms with Crippen LogP contribution < -0.4 is 5.32 Å². The third kappa shape index (κ3) is 2.67. The van der Waals surface area contributed by atoms with Gasteiger partial charge < -0.3 is 5.32 Å². The number of amides is 1. The maximum atomic E-state index is 11.5. The van der Waals surface area contributed by atoms with Gasteiger partial charge in [-0.25, -0.2) is 0 Å². The van der Waals surface area contributed by atoms with Crippen LogP contribution in [-0.2, 0) is 11.2 Å². The van der Waals surface area contributed by atoms with Gasteiger partial charge in [-0.3, -0.25) is 9.59 Å². The van der Waals surface area contributed by atoms with E-state index in [2.05, 4.69) is 30.4 Å². The molecule has 1 unspecified atom stereocenters. The van der Waals surface area contributed by atoms with E-state index in [0.29, 0.717) is 18.5 Å². The second-order valence-electron chi connectivity index (χ2n) is 5.68. The van der Waals surface area contributed by atoms with E-state index in [1.807, 2.05) is 24.3 Å². The number of carbonyl (C=O) groups excluding carboxylic acids is 2. The summed E-state index contributed by atoms with van der Waals surface area (Å²) in [5, 5.41) is 2.83. The van der Waals surface area contributed by atoms with Crippen LogP contribution in [0.4, 0.5) is 0 Å². The summed E-state index contributed by atoms with van der Waals surface area (Å²) in [6.07, 6.45) is 2.32. The second-order valence-corrected chi connectivity index (χ2v) is 5.68. The minimum atomic E-state index is 0.0576. The molecule has 2 aromatic carbocycles. The van der Waals surface area contributed by atoms with E-state index < -0.39 is 0 Å². The number of benzene rings is 2. The molecule has 2 aromatic rings. The number of carbonyl (C=O) groups is 2. The van der Waals surface area contributed by atoms with Crippen LogP contribution in [0.15, 0.2) is 42.5 Å². The molecule has 0 bridgehead atoms. The molecule has 0 saturated carbocycles. The van der Waals surface area contributed by atoms with Gasteiger partial charge in [-0.05, 0) is 34.7 Å². The van der Waals surface area contributed by atoms with Crippen LogP contribution in [0, 0.1) is 0 Å². The molecule has 1 saturated heterocycles. The molecule has 3 heteroatoms. The fraction of sp³-hybridized carbons (Fsp3) is 0.263. The number of hydrogen-bond acceptors (Lipinski definition) is 2. The molecule has 112 valence electrons. The lowest BCUT2D eigenvalue weighted by Gasteiger charge is -2.14. The topological polar surface area (TPSA) is 46.2 Å². The largest absolute Gasteiger partial charge is 0.355 e. The van der Waals surface area contributed by atoms with Crippen LogP contribution in [0.3, 0.4) is 0 Å². The Morgan fingerprint density at radius 2 is 2.05 bits per heavy atom. The summed E-state index contributed by atoms with van der Waals surface area (Å²) in [6, 6.07) is 14.2. The molecule has 0 aliphatic carbocycles. The summed E-state index contributed by atoms with van der Waals surface area (Å²) >= 11 is 0. The van der Waals surface area contributed by atoms with Crippen LogP contribution in [0.25, 0.3) is 11.1 Å². The first-order valence-corrected chi connectivity index (χ1v) is 7.67. The zero-order valence-corrected chi connectivity index (χ0v) is 12.6. The highest BCUT2D eigenvalue weighted by Crippen LogP contribution is 2.31. The van der Waals surface area contributed by atoms with Gasteiger partial charge in [-0.2, -0.15) is 0 Å². The third-order valence-electron chi connectivity index (χ3n) is 4.34. The van der Waals surface area contributed by atoms with Gasteiger partial charge in [0.2, 0.25) is 5.91 Å². The predicted octanol–water partition coefficient (Wildman–Crippen LogP) is 3.33. The maximum Gasteiger partial charge on any atom is 0.220 e. The Morgan fingerprint density at radius 3 is 2.73 bits per heavy atom. The Bertz CT molecular complexity index is 721. The van der Waals surface area contributed by atoms with Gasteiger partial charge in [0.25, 0.3) is 0 Å². The van der Waals surface area contributed by atoms with Crippen LogP contribution in [-0.4, -0.2) is 18.7 Å². The molecule has 3 nitrogen and oxygen atoms in total. The number of nitrogens with one attached hydrogen (secondary N) is 1. The molecule has 0 aromatic heterocycles. The minimum absolute atomic E-state index is 0.0576. The fourth-order valence-electron chi connectivity index (χ4n) is 3.15. The van der Waals surface area contributed by atoms with Crippen molar-refractivity contribution in [3.05, 3.63) is 59.2 Å². The molecular formula is C19H19NO2. The molecule has 0 spiro atoms. The molecule has 3 rings (SSSR count). The summed E-state index contributed by atoms with van der Waals surface area (Å²) in [5.74, 6) is 0.158. The van der Waals surface area contributed by atoms with Gasteiger partial charge in [0, 0.05) is 24.4 Å². The van der Waals surface area contributed by atoms with Crippen LogP contribution in [0.1, 0.15) is 40.7 Å². The monoisotopic (exact) mass is 293 g/mol. The lowest BCUT2D eigenvalue weighted by Crippen LogP contribution is -2.13. The Hall–Kier alpha value is -2.42. The molecule has 1 fully saturated rings. The average Bonchev–Trinajstić information content (AvgIpc) is 3.00. The van der Waals surface area contributed by atoms with E-state index in [1.165, 1.54) is 11.1 Å². The molecule has 1 N–H and O–H groups in total. The van der Waals surface area contributed by atoms with Crippen molar-refractivity contribution in [1.82, 2.24) is 5.32 Å². The Morgan fingerprint density at radius 1 is 1.23 bits per heavy atom. The van der Waals surface area contributed by atoms with Gasteiger partial charge in [-0.15, -0.1) is 0 Å². The molecule has 22 heavy (non-hydrogen) atoms. The predicted molar refractivity (Wildman–Crippen MR) is 87.0 cm³/mol. The summed E-state index contributed by atoms with van der Waals surface area (Å²) in [5.41, 5.74) is 5.14. The first-order valence-electron chi connectivity index (χ1n) is 7.67. The fourth-order valence-corrected chi connectivity index (χ4v) is 3.15. The van der Waals surface area contributed by atoms with E-state index in [1.54, 1.807) is 0 Å². The van der Waals surface area contributed by atoms with Crippen molar-refractivity contribution in [1.29, 1.82) is 0 Å². The van der Waals surface area contributed by atoms with Crippen molar-refractivity contribution in [2.75, 3.05) is 6.54 Å². The van der Waals surface area contributed by atoms with Crippen molar-refractivity contribution in [2.45, 2.75) is 25.7 Å². The summed E-state index contributed by atoms with van der Waals surface area (Å²) in [7, 11) is 0. The number of hydrogen-bond donors (Lipinski definition) is 1. The van der Waals surface area contributed by atoms with Crippen molar-refractivity contribution >= 4 is 12.2 Å².